The summed E-state index contributed by atoms with van der Waals surface area (Å²) in [6.45, 7) is 3.03. The molecule has 0 bridgehead atoms. The van der Waals surface area contributed by atoms with E-state index in [1.54, 1.807) is 20.1 Å². The Hall–Kier alpha value is -2.27. The molecule has 1 aromatic heterocycles. The molecule has 0 atom stereocenters. The number of nitrogens with zero attached hydrogens (tertiary/aromatic N) is 1. The van der Waals surface area contributed by atoms with E-state index in [1.165, 1.54) is 0 Å². The van der Waals surface area contributed by atoms with E-state index >= 15 is 0 Å². The summed E-state index contributed by atoms with van der Waals surface area (Å²) in [6.07, 6.45) is 0. The van der Waals surface area contributed by atoms with Gasteiger partial charge in [-0.05, 0) is 37.7 Å². The summed E-state index contributed by atoms with van der Waals surface area (Å²) in [6, 6.07) is 9.62. The zero-order valence-electron chi connectivity index (χ0n) is 12.4. The highest BCUT2D eigenvalue weighted by atomic mass is 16.5. The number of hydrogen-bond donors (Lipinski definition) is 1. The fraction of sp³-hybridized carbons (Fsp3) is 0.312. The summed E-state index contributed by atoms with van der Waals surface area (Å²) in [4.78, 5) is 13.0. The normalized spacial score (nSPS) is 10.9. The summed E-state index contributed by atoms with van der Waals surface area (Å²) in [7, 11) is 3.60. The average molecular weight is 289 g/mol. The smallest absolute Gasteiger partial charge is 0.372 e. The molecular weight excluding hydrogens is 270 g/mol. The number of ether oxygens (including phenoxy) is 1. The van der Waals surface area contributed by atoms with E-state index in [0.717, 1.165) is 17.9 Å². The second-order valence-corrected chi connectivity index (χ2v) is 5.05. The number of rotatable bonds is 6. The first-order chi connectivity index (χ1) is 9.99. The van der Waals surface area contributed by atoms with Crippen LogP contribution < -0.4 is 4.74 Å². The molecule has 0 saturated heterocycles. The van der Waals surface area contributed by atoms with Gasteiger partial charge in [0.1, 0.15) is 11.5 Å². The third-order valence-electron chi connectivity index (χ3n) is 3.20. The predicted octanol–water partition coefficient (Wildman–Crippen LogP) is 2.93. The lowest BCUT2D eigenvalue weighted by Crippen LogP contribution is -2.16. The zero-order chi connectivity index (χ0) is 15.4. The molecule has 112 valence electrons. The lowest BCUT2D eigenvalue weighted by atomic mass is 10.2. The van der Waals surface area contributed by atoms with Crippen LogP contribution in [0.4, 0.5) is 0 Å². The number of aryl methyl sites for hydroxylation is 1. The van der Waals surface area contributed by atoms with Crippen molar-refractivity contribution in [1.82, 2.24) is 4.90 Å². The van der Waals surface area contributed by atoms with Gasteiger partial charge in [-0.3, -0.25) is 4.90 Å². The van der Waals surface area contributed by atoms with E-state index < -0.39 is 5.97 Å². The topological polar surface area (TPSA) is 62.9 Å². The van der Waals surface area contributed by atoms with Crippen molar-refractivity contribution >= 4 is 5.97 Å². The molecule has 0 spiro atoms. The van der Waals surface area contributed by atoms with Crippen LogP contribution in [0, 0.1) is 6.92 Å². The lowest BCUT2D eigenvalue weighted by molar-refractivity contribution is 0.0657. The van der Waals surface area contributed by atoms with Gasteiger partial charge >= 0.3 is 5.97 Å². The summed E-state index contributed by atoms with van der Waals surface area (Å²) < 4.78 is 10.5. The fourth-order valence-electron chi connectivity index (χ4n) is 2.20. The number of hydrogen-bond acceptors (Lipinski definition) is 4. The van der Waals surface area contributed by atoms with Gasteiger partial charge < -0.3 is 14.3 Å². The van der Waals surface area contributed by atoms with Crippen LogP contribution >= 0.6 is 0 Å². The molecule has 0 fully saturated rings. The highest BCUT2D eigenvalue weighted by Gasteiger charge is 2.15. The molecule has 2 aromatic rings. The molecule has 1 N–H and O–H groups in total. The predicted molar refractivity (Wildman–Crippen MR) is 78.6 cm³/mol. The van der Waals surface area contributed by atoms with Crippen molar-refractivity contribution in [2.45, 2.75) is 20.0 Å². The van der Waals surface area contributed by atoms with Crippen LogP contribution in [-0.4, -0.2) is 30.1 Å². The first-order valence-corrected chi connectivity index (χ1v) is 6.63. The summed E-state index contributed by atoms with van der Waals surface area (Å²) in [5.74, 6) is 0.467. The molecule has 5 nitrogen and oxygen atoms in total. The maximum absolute atomic E-state index is 11.0. The number of aromatic carboxylic acids is 1. The Morgan fingerprint density at radius 1 is 1.29 bits per heavy atom. The van der Waals surface area contributed by atoms with E-state index in [9.17, 15) is 4.79 Å². The number of benzene rings is 1. The zero-order valence-corrected chi connectivity index (χ0v) is 12.4. The van der Waals surface area contributed by atoms with Crippen LogP contribution in [-0.2, 0) is 13.1 Å². The van der Waals surface area contributed by atoms with Crippen LogP contribution in [0.15, 0.2) is 34.7 Å². The Bertz CT molecular complexity index is 616. The molecular formula is C16H19NO4. The van der Waals surface area contributed by atoms with Crippen molar-refractivity contribution in [3.8, 4) is 5.75 Å². The minimum atomic E-state index is -1.03. The maximum atomic E-state index is 11.0. The van der Waals surface area contributed by atoms with Gasteiger partial charge in [-0.25, -0.2) is 4.79 Å². The van der Waals surface area contributed by atoms with Crippen molar-refractivity contribution in [3.63, 3.8) is 0 Å². The standard InChI is InChI=1S/C16H19NO4/c1-11-8-14(21-15(11)16(18)19)10-17(2)9-12-4-6-13(20-3)7-5-12/h4-8H,9-10H2,1-3H3,(H,18,19). The van der Waals surface area contributed by atoms with Crippen molar-refractivity contribution in [2.24, 2.45) is 0 Å². The number of carbonyl (C=O) groups is 1. The third kappa shape index (κ3) is 3.86. The molecule has 21 heavy (non-hydrogen) atoms. The van der Waals surface area contributed by atoms with Crippen molar-refractivity contribution in [1.29, 1.82) is 0 Å². The molecule has 0 radical (unpaired) electrons. The first kappa shape index (κ1) is 15.1. The van der Waals surface area contributed by atoms with Crippen LogP contribution in [0.1, 0.15) is 27.4 Å². The number of methoxy groups -OCH3 is 1. The minimum absolute atomic E-state index is 0.0165. The molecule has 0 saturated carbocycles. The van der Waals surface area contributed by atoms with Crippen LogP contribution in [0.3, 0.4) is 0 Å². The Kier molecular flexibility index (Phi) is 4.65. The molecule has 2 rings (SSSR count). The minimum Gasteiger partial charge on any atom is -0.497 e. The Balaban J connectivity index is 1.99. The quantitative estimate of drug-likeness (QED) is 0.886. The van der Waals surface area contributed by atoms with E-state index in [2.05, 4.69) is 4.90 Å². The Morgan fingerprint density at radius 3 is 2.48 bits per heavy atom. The Morgan fingerprint density at radius 2 is 1.95 bits per heavy atom. The monoisotopic (exact) mass is 289 g/mol. The van der Waals surface area contributed by atoms with Gasteiger partial charge in [0, 0.05) is 12.1 Å². The largest absolute Gasteiger partial charge is 0.497 e. The van der Waals surface area contributed by atoms with Crippen molar-refractivity contribution in [2.75, 3.05) is 14.2 Å². The fourth-order valence-corrected chi connectivity index (χ4v) is 2.20. The van der Waals surface area contributed by atoms with Crippen LogP contribution in [0.25, 0.3) is 0 Å². The van der Waals surface area contributed by atoms with Gasteiger partial charge in [0.2, 0.25) is 5.76 Å². The van der Waals surface area contributed by atoms with Crippen LogP contribution in [0.2, 0.25) is 0 Å². The lowest BCUT2D eigenvalue weighted by Gasteiger charge is -2.15. The molecule has 5 heteroatoms. The molecule has 1 aromatic carbocycles. The molecule has 0 aliphatic heterocycles. The highest BCUT2D eigenvalue weighted by molar-refractivity contribution is 5.86. The van der Waals surface area contributed by atoms with E-state index in [1.807, 2.05) is 31.3 Å². The van der Waals surface area contributed by atoms with E-state index in [-0.39, 0.29) is 5.76 Å². The van der Waals surface area contributed by atoms with E-state index in [0.29, 0.717) is 17.9 Å². The highest BCUT2D eigenvalue weighted by Crippen LogP contribution is 2.17. The van der Waals surface area contributed by atoms with Crippen molar-refractivity contribution in [3.05, 3.63) is 53.0 Å². The molecule has 0 unspecified atom stereocenters. The second kappa shape index (κ2) is 6.45. The SMILES string of the molecule is COc1ccc(CN(C)Cc2cc(C)c(C(=O)O)o2)cc1. The van der Waals surface area contributed by atoms with Crippen molar-refractivity contribution < 1.29 is 19.1 Å². The third-order valence-corrected chi connectivity index (χ3v) is 3.20. The van der Waals surface area contributed by atoms with E-state index in [4.69, 9.17) is 14.3 Å². The number of furan rings is 1. The van der Waals surface area contributed by atoms with Gasteiger partial charge in [-0.2, -0.15) is 0 Å². The summed E-state index contributed by atoms with van der Waals surface area (Å²) in [5.41, 5.74) is 1.80. The van der Waals surface area contributed by atoms with Crippen LogP contribution in [0.5, 0.6) is 5.75 Å². The summed E-state index contributed by atoms with van der Waals surface area (Å²) in [5, 5.41) is 8.98. The molecule has 1 heterocycles. The molecule has 0 amide bonds. The second-order valence-electron chi connectivity index (χ2n) is 5.05. The summed E-state index contributed by atoms with van der Waals surface area (Å²) >= 11 is 0. The van der Waals surface area contributed by atoms with Gasteiger partial charge in [0.25, 0.3) is 0 Å². The Labute approximate surface area is 123 Å². The van der Waals surface area contributed by atoms with Gasteiger partial charge in [-0.15, -0.1) is 0 Å². The maximum Gasteiger partial charge on any atom is 0.372 e. The van der Waals surface area contributed by atoms with Gasteiger partial charge in [-0.1, -0.05) is 12.1 Å². The average Bonchev–Trinajstić information content (AvgIpc) is 2.80. The first-order valence-electron chi connectivity index (χ1n) is 6.63. The number of carboxylic acids is 1. The van der Waals surface area contributed by atoms with Gasteiger partial charge in [0.05, 0.1) is 13.7 Å². The molecule has 0 aliphatic rings. The van der Waals surface area contributed by atoms with Gasteiger partial charge in [0.15, 0.2) is 0 Å². The molecule has 0 aliphatic carbocycles. The number of carboxylic acid groups (broad SMARTS) is 1.